The molecule has 14 atom stereocenters. The van der Waals surface area contributed by atoms with Gasteiger partial charge in [-0.05, 0) is 113 Å². The number of benzene rings is 2. The zero-order chi connectivity index (χ0) is 89.3. The van der Waals surface area contributed by atoms with Gasteiger partial charge in [-0.2, -0.15) is 17.2 Å². The maximum atomic E-state index is 13.0. The summed E-state index contributed by atoms with van der Waals surface area (Å²) >= 11 is 0. The van der Waals surface area contributed by atoms with E-state index in [0.29, 0.717) is 37.1 Å². The van der Waals surface area contributed by atoms with Crippen LogP contribution in [0.1, 0.15) is 127 Å². The van der Waals surface area contributed by atoms with Gasteiger partial charge in [-0.3, -0.25) is 27.8 Å². The van der Waals surface area contributed by atoms with Crippen molar-refractivity contribution in [2.45, 2.75) is 166 Å². The number of carbonyl (C=O) groups is 4. The SMILES string of the molecule is Cc1cc(=O)oc2cc3c(cc12)C(C)CC(C)(C)N3CCCC(=O)NCCNC(=O)O[C@@H]1[C@H](O)[C@@H](COP(=O)(O)OP(=O)(O)OP(=O)(O)O)O[C@H]1n1cnc2c(N)ncnc21.Cc1cc(=O)oc2cc3c(cc12)C(C)CC(C)(C)N3CCCC(=O)NCCNC(=O)O[C@H]1[C@@H](O)[C@H](n2cnc3c(N)ncnc32)O[C@@H]1COP(=O)(O)OP(=O)(O)OP(=O)(O)O. The summed E-state index contributed by atoms with van der Waals surface area (Å²) in [7, 11) is -34.3. The average molecular weight is 1840 g/mol. The van der Waals surface area contributed by atoms with Crippen molar-refractivity contribution < 1.29 is 150 Å². The van der Waals surface area contributed by atoms with Crippen LogP contribution in [-0.4, -0.2) is 213 Å². The molecule has 2 saturated heterocycles. The van der Waals surface area contributed by atoms with E-state index < -0.39 is 133 Å². The van der Waals surface area contributed by atoms with E-state index in [1.165, 1.54) is 33.9 Å². The largest absolute Gasteiger partial charge is 0.490 e. The number of nitrogens with zero attached hydrogens (tertiary/aromatic N) is 10. The third-order valence-corrected chi connectivity index (χ3v) is 27.6. The molecular weight excluding hydrogens is 1750 g/mol. The van der Waals surface area contributed by atoms with Crippen molar-refractivity contribution in [1.29, 1.82) is 0 Å². The fourth-order valence-electron chi connectivity index (χ4n) is 15.0. The number of aromatic nitrogens is 8. The van der Waals surface area contributed by atoms with Crippen LogP contribution in [-0.2, 0) is 82.2 Å². The van der Waals surface area contributed by atoms with Crippen LogP contribution in [0.2, 0.25) is 0 Å². The standard InChI is InChI=1S/2C33H45N8O17P3/c1-17-10-25(43)54-22-12-21-19(11-20(17)22)18(2)13-33(3,4)41(21)9-5-6-24(42)35-7-8-36-32(45)56-28-23(14-53-60(49,50)58-61(51,52)57-59(46,47)48)55-31(27(28)44)40-16-39-26-29(34)37-15-38-30(26)40;1-17-10-25(43)54-22-12-21-19(11-20(17)22)18(2)13-33(3,4)41(21)9-5-6-24(42)35-7-8-36-32(45)56-28-27(44)23(14-53-60(49,50)58-61(51,52)57-59(46,47)48)55-31(28)40-16-39-26-29(34)37-15-38-30(26)40/h2*10-12,15-16,18,23,27-28,31,44H,5-9,13-14H2,1-4H3,(H,35,42)(H,36,45)(H,49,50)(H,51,52)(H2,34,37,38)(H2,46,47,48)/t2*18?,23-,27-,28-,31-/m11/s1. The summed E-state index contributed by atoms with van der Waals surface area (Å²) in [6.07, 6.45) is -7.71. The maximum absolute atomic E-state index is 13.0. The molecule has 4 aliphatic heterocycles. The molecule has 2 fully saturated rings. The first-order valence-electron chi connectivity index (χ1n) is 37.1. The molecule has 0 aliphatic carbocycles. The Bertz CT molecular complexity index is 5710. The molecule has 50 nitrogen and oxygen atoms in total. The number of phosphoric acid groups is 6. The number of nitrogen functional groups attached to an aromatic ring is 2. The Morgan fingerprint density at radius 3 is 1.34 bits per heavy atom. The van der Waals surface area contributed by atoms with E-state index in [0.717, 1.165) is 69.9 Å². The Morgan fingerprint density at radius 1 is 0.516 bits per heavy atom. The number of rotatable bonds is 32. The van der Waals surface area contributed by atoms with Gasteiger partial charge in [-0.15, -0.1) is 0 Å². The Balaban J connectivity index is 0.000000238. The van der Waals surface area contributed by atoms with E-state index >= 15 is 0 Å². The van der Waals surface area contributed by atoms with E-state index in [1.807, 2.05) is 26.0 Å². The Hall–Kier alpha value is -8.70. The van der Waals surface area contributed by atoms with Gasteiger partial charge in [0.2, 0.25) is 11.8 Å². The molecule has 12 rings (SSSR count). The minimum atomic E-state index is -5.87. The summed E-state index contributed by atoms with van der Waals surface area (Å²) in [5.74, 6) is -0.152. The van der Waals surface area contributed by atoms with Gasteiger partial charge in [0.15, 0.2) is 47.6 Å². The van der Waals surface area contributed by atoms with Gasteiger partial charge >= 0.3 is 70.4 Å². The second-order valence-electron chi connectivity index (χ2n) is 30.0. The van der Waals surface area contributed by atoms with Crippen LogP contribution in [0, 0.1) is 13.8 Å². The number of aliphatic hydroxyl groups excluding tert-OH is 2. The minimum Gasteiger partial charge on any atom is -0.440 e. The van der Waals surface area contributed by atoms with Crippen LogP contribution in [0.3, 0.4) is 0 Å². The number of aliphatic hydroxyl groups is 2. The number of phosphoric ester groups is 2. The number of hydrogen-bond donors (Lipinski definition) is 16. The van der Waals surface area contributed by atoms with E-state index in [1.54, 1.807) is 0 Å². The van der Waals surface area contributed by atoms with Crippen molar-refractivity contribution in [2.24, 2.45) is 0 Å². The van der Waals surface area contributed by atoms with Gasteiger partial charge < -0.3 is 120 Å². The number of carbonyl (C=O) groups excluding carboxylic acids is 4. The lowest BCUT2D eigenvalue weighted by atomic mass is 9.79. The van der Waals surface area contributed by atoms with Crippen molar-refractivity contribution in [1.82, 2.24) is 60.3 Å². The molecule has 0 bridgehead atoms. The van der Waals surface area contributed by atoms with Crippen molar-refractivity contribution in [2.75, 3.05) is 73.7 Å². The number of nitrogens with two attached hydrogens (primary N) is 2. The fourth-order valence-corrected chi connectivity index (χ4v) is 21.0. The highest BCUT2D eigenvalue weighted by Gasteiger charge is 2.52. The van der Waals surface area contributed by atoms with Crippen LogP contribution in [0.5, 0.6) is 0 Å². The number of fused-ring (bicyclic) bond motifs is 6. The summed E-state index contributed by atoms with van der Waals surface area (Å²) in [5, 5.41) is 34.4. The summed E-state index contributed by atoms with van der Waals surface area (Å²) < 4.78 is 130. The van der Waals surface area contributed by atoms with Gasteiger partial charge in [0.1, 0.15) is 59.3 Å². The zero-order valence-electron chi connectivity index (χ0n) is 66.0. The average Bonchev–Trinajstić information content (AvgIpc) is 1.19. The van der Waals surface area contributed by atoms with Crippen LogP contribution in [0.25, 0.3) is 44.3 Å². The van der Waals surface area contributed by atoms with E-state index in [2.05, 4.69) is 136 Å². The fraction of sp³-hybridized carbons (Fsp3) is 0.515. The van der Waals surface area contributed by atoms with Gasteiger partial charge in [0, 0.05) is 110 Å². The molecule has 6 unspecified atom stereocenters. The van der Waals surface area contributed by atoms with Crippen LogP contribution >= 0.6 is 46.9 Å². The molecule has 122 heavy (non-hydrogen) atoms. The van der Waals surface area contributed by atoms with Gasteiger partial charge in [-0.25, -0.2) is 76.5 Å². The molecule has 10 heterocycles. The number of hydrogen-bond acceptors (Lipinski definition) is 36. The Morgan fingerprint density at radius 2 is 0.910 bits per heavy atom. The zero-order valence-corrected chi connectivity index (χ0v) is 71.4. The third kappa shape index (κ3) is 23.3. The number of anilines is 4. The first-order chi connectivity index (χ1) is 56.9. The smallest absolute Gasteiger partial charge is 0.440 e. The molecule has 668 valence electrons. The van der Waals surface area contributed by atoms with Crippen LogP contribution < -0.4 is 53.8 Å². The normalized spacial score (nSPS) is 23.3. The molecule has 56 heteroatoms. The molecule has 4 aliphatic rings. The second kappa shape index (κ2) is 37.2. The van der Waals surface area contributed by atoms with Crippen LogP contribution in [0.4, 0.5) is 32.6 Å². The lowest BCUT2D eigenvalue weighted by Crippen LogP contribution is -2.49. The molecule has 18 N–H and O–H groups in total. The lowest BCUT2D eigenvalue weighted by molar-refractivity contribution is -0.121. The number of nitrogens with one attached hydrogen (secondary N) is 4. The first kappa shape index (κ1) is 94.0. The highest BCUT2D eigenvalue weighted by Crippen LogP contribution is 2.68. The van der Waals surface area contributed by atoms with Crippen LogP contribution in [0.15, 0.2) is 80.1 Å². The van der Waals surface area contributed by atoms with Gasteiger partial charge in [0.05, 0.1) is 25.9 Å². The maximum Gasteiger partial charge on any atom is 0.490 e. The summed E-state index contributed by atoms with van der Waals surface area (Å²) in [5.41, 5.74) is 17.5. The summed E-state index contributed by atoms with van der Waals surface area (Å²) in [4.78, 5) is 178. The first-order valence-corrected chi connectivity index (χ1v) is 46.2. The molecule has 8 aromatic rings. The van der Waals surface area contributed by atoms with E-state index in [-0.39, 0.29) is 108 Å². The third-order valence-electron chi connectivity index (χ3n) is 20.0. The minimum absolute atomic E-state index is 0.00788. The van der Waals surface area contributed by atoms with Crippen molar-refractivity contribution in [3.05, 3.63) is 105 Å². The molecule has 6 aromatic heterocycles. The second-order valence-corrected chi connectivity index (χ2v) is 38.8. The topological polar surface area (TPSA) is 720 Å². The number of amides is 4. The summed E-state index contributed by atoms with van der Waals surface area (Å²) in [6.45, 7) is 15.1. The molecule has 0 radical (unpaired) electrons. The van der Waals surface area contributed by atoms with Crippen molar-refractivity contribution >= 4 is 138 Å². The Kier molecular flexibility index (Phi) is 28.7. The predicted octanol–water partition coefficient (Wildman–Crippen LogP) is 4.42. The predicted molar refractivity (Wildman–Crippen MR) is 423 cm³/mol. The Labute approximate surface area is 690 Å². The molecule has 0 saturated carbocycles. The number of aryl methyl sites for hydroxylation is 2. The van der Waals surface area contributed by atoms with E-state index in [9.17, 15) is 85.9 Å². The molecule has 0 spiro atoms. The number of imidazole rings is 2. The van der Waals surface area contributed by atoms with Crippen molar-refractivity contribution in [3.8, 4) is 0 Å². The number of ether oxygens (including phenoxy) is 4. The summed E-state index contributed by atoms with van der Waals surface area (Å²) in [6, 6.07) is 10.9. The molecular formula is C66H90N16O34P6. The van der Waals surface area contributed by atoms with E-state index in [4.69, 9.17) is 63.3 Å². The highest BCUT2D eigenvalue weighted by molar-refractivity contribution is 7.67. The monoisotopic (exact) mass is 1840 g/mol. The quantitative estimate of drug-likeness (QED) is 0.0158. The van der Waals surface area contributed by atoms with Gasteiger partial charge in [0.25, 0.3) is 0 Å². The molecule has 4 amide bonds. The number of alkyl carbamates (subject to hydrolysis) is 2. The van der Waals surface area contributed by atoms with Crippen molar-refractivity contribution in [3.63, 3.8) is 0 Å². The lowest BCUT2D eigenvalue weighted by Gasteiger charge is -2.47. The highest BCUT2D eigenvalue weighted by atomic mass is 31.3. The van der Waals surface area contributed by atoms with Gasteiger partial charge in [-0.1, -0.05) is 13.8 Å². The molecule has 2 aromatic carbocycles.